The minimum atomic E-state index is -5.12. The molecule has 184 valence electrons. The van der Waals surface area contributed by atoms with Gasteiger partial charge in [-0.3, -0.25) is 14.9 Å². The molecule has 3 rings (SSSR count). The molecule has 0 unspecified atom stereocenters. The molecule has 3 aromatic rings. The van der Waals surface area contributed by atoms with Gasteiger partial charge in [-0.05, 0) is 25.5 Å². The highest BCUT2D eigenvalue weighted by molar-refractivity contribution is 6.32. The zero-order valence-electron chi connectivity index (χ0n) is 18.0. The second kappa shape index (κ2) is 9.70. The normalized spacial score (nSPS) is 12.0. The van der Waals surface area contributed by atoms with Gasteiger partial charge in [0.25, 0.3) is 5.56 Å². The highest BCUT2D eigenvalue weighted by Crippen LogP contribution is 2.36. The molecule has 0 aliphatic carbocycles. The van der Waals surface area contributed by atoms with E-state index >= 15 is 0 Å². The fourth-order valence-electron chi connectivity index (χ4n) is 2.88. The summed E-state index contributed by atoms with van der Waals surface area (Å²) in [6.45, 7) is 2.95. The topological polar surface area (TPSA) is 109 Å². The number of para-hydroxylation sites is 2. The Balaban J connectivity index is 2.28. The molecular weight excluding hydrogens is 500 g/mol. The van der Waals surface area contributed by atoms with E-state index in [0.717, 1.165) is 12.1 Å². The van der Waals surface area contributed by atoms with Crippen molar-refractivity contribution in [3.63, 3.8) is 0 Å². The number of rotatable bonds is 6. The van der Waals surface area contributed by atoms with Gasteiger partial charge in [-0.2, -0.15) is 22.9 Å². The number of aromatic nitrogens is 2. The van der Waals surface area contributed by atoms with Crippen LogP contribution in [0.25, 0.3) is 5.69 Å². The molecule has 0 saturated heterocycles. The second-order valence-corrected chi connectivity index (χ2v) is 7.45. The molecule has 35 heavy (non-hydrogen) atoms. The van der Waals surface area contributed by atoms with Crippen molar-refractivity contribution in [2.75, 3.05) is 0 Å². The Morgan fingerprint density at radius 3 is 2.43 bits per heavy atom. The number of benzene rings is 2. The van der Waals surface area contributed by atoms with Crippen LogP contribution in [-0.2, 0) is 6.18 Å². The Kier molecular flexibility index (Phi) is 7.10. The Morgan fingerprint density at radius 1 is 1.17 bits per heavy atom. The number of ether oxygens (including phenoxy) is 1. The summed E-state index contributed by atoms with van der Waals surface area (Å²) >= 11 is 5.98. The lowest BCUT2D eigenvalue weighted by Gasteiger charge is -2.16. The van der Waals surface area contributed by atoms with Gasteiger partial charge in [-0.25, -0.2) is 13.8 Å². The maximum absolute atomic E-state index is 14.8. The van der Waals surface area contributed by atoms with E-state index in [-0.39, 0.29) is 38.2 Å². The number of hydrogen-bond donors (Lipinski definition) is 0. The van der Waals surface area contributed by atoms with Gasteiger partial charge >= 0.3 is 17.6 Å². The summed E-state index contributed by atoms with van der Waals surface area (Å²) in [5.41, 5.74) is -5.89. The first-order chi connectivity index (χ1) is 16.3. The summed E-state index contributed by atoms with van der Waals surface area (Å²) in [4.78, 5) is 36.0. The molecule has 14 heteroatoms. The van der Waals surface area contributed by atoms with Crippen LogP contribution >= 0.6 is 11.6 Å². The summed E-state index contributed by atoms with van der Waals surface area (Å²) in [5, 5.41) is 14.5. The number of halogens is 5. The van der Waals surface area contributed by atoms with Gasteiger partial charge in [-0.15, -0.1) is 0 Å². The Morgan fingerprint density at radius 2 is 1.83 bits per heavy atom. The average Bonchev–Trinajstić information content (AvgIpc) is 2.77. The van der Waals surface area contributed by atoms with Crippen molar-refractivity contribution >= 4 is 23.0 Å². The predicted octanol–water partition coefficient (Wildman–Crippen LogP) is 5.15. The lowest BCUT2D eigenvalue weighted by atomic mass is 10.2. The van der Waals surface area contributed by atoms with Crippen LogP contribution in [-0.4, -0.2) is 19.9 Å². The van der Waals surface area contributed by atoms with Crippen LogP contribution in [0.3, 0.4) is 0 Å². The number of alkyl halides is 3. The molecule has 0 radical (unpaired) electrons. The van der Waals surface area contributed by atoms with Crippen molar-refractivity contribution in [2.24, 2.45) is 5.10 Å². The molecule has 0 N–H and O–H groups in total. The first kappa shape index (κ1) is 25.6. The van der Waals surface area contributed by atoms with Gasteiger partial charge in [0, 0.05) is 23.9 Å². The van der Waals surface area contributed by atoms with Crippen LogP contribution in [0.2, 0.25) is 5.02 Å². The molecule has 0 saturated carbocycles. The molecule has 0 amide bonds. The van der Waals surface area contributed by atoms with Gasteiger partial charge < -0.3 is 4.74 Å². The molecule has 1 heterocycles. The van der Waals surface area contributed by atoms with E-state index in [0.29, 0.717) is 6.07 Å². The molecule has 0 bridgehead atoms. The van der Waals surface area contributed by atoms with E-state index in [1.807, 2.05) is 0 Å². The van der Waals surface area contributed by atoms with Gasteiger partial charge in [0.15, 0.2) is 5.69 Å². The minimum absolute atomic E-state index is 0.0448. The fraction of sp³-hybridized carbons (Fsp3) is 0.190. The van der Waals surface area contributed by atoms with Crippen molar-refractivity contribution in [3.05, 3.63) is 90.0 Å². The molecule has 0 aliphatic rings. The van der Waals surface area contributed by atoms with E-state index in [1.165, 1.54) is 25.1 Å². The molecule has 0 spiro atoms. The van der Waals surface area contributed by atoms with Crippen molar-refractivity contribution in [1.82, 2.24) is 9.24 Å². The number of hydrogen-bond acceptors (Lipinski definition) is 6. The van der Waals surface area contributed by atoms with Gasteiger partial charge in [0.2, 0.25) is 5.75 Å². The third-order valence-electron chi connectivity index (χ3n) is 4.68. The minimum Gasteiger partial charge on any atom is -0.448 e. The summed E-state index contributed by atoms with van der Waals surface area (Å²) < 4.78 is 60.8. The highest BCUT2D eigenvalue weighted by atomic mass is 35.5. The van der Waals surface area contributed by atoms with Crippen molar-refractivity contribution in [2.45, 2.75) is 26.4 Å². The summed E-state index contributed by atoms with van der Waals surface area (Å²) in [5.74, 6) is -1.94. The van der Waals surface area contributed by atoms with E-state index in [4.69, 9.17) is 16.3 Å². The number of nitro groups is 1. The molecule has 0 aliphatic heterocycles. The SMILES string of the molecule is CCC(C)=Nn1c(C(F)(F)F)cc(=O)n(-c2cc(Oc3ccccc3[N+](=O)[O-])c(Cl)cc2F)c1=O. The molecule has 0 atom stereocenters. The predicted molar refractivity (Wildman–Crippen MR) is 118 cm³/mol. The Bertz CT molecular complexity index is 1460. The maximum atomic E-state index is 14.8. The zero-order valence-corrected chi connectivity index (χ0v) is 18.7. The summed E-state index contributed by atoms with van der Waals surface area (Å²) in [6.07, 6.45) is -4.93. The third-order valence-corrected chi connectivity index (χ3v) is 4.97. The first-order valence-electron chi connectivity index (χ1n) is 9.76. The maximum Gasteiger partial charge on any atom is 0.433 e. The van der Waals surface area contributed by atoms with Crippen LogP contribution in [0.1, 0.15) is 26.0 Å². The molecule has 1 aromatic heterocycles. The molecule has 0 fully saturated rings. The van der Waals surface area contributed by atoms with E-state index in [9.17, 15) is 37.3 Å². The van der Waals surface area contributed by atoms with Gasteiger partial charge in [0.1, 0.15) is 11.6 Å². The van der Waals surface area contributed by atoms with Crippen molar-refractivity contribution in [1.29, 1.82) is 0 Å². The molecule has 2 aromatic carbocycles. The van der Waals surface area contributed by atoms with Gasteiger partial charge in [0.05, 0.1) is 15.6 Å². The Hall–Kier alpha value is -4.00. The van der Waals surface area contributed by atoms with E-state index in [2.05, 4.69) is 5.10 Å². The second-order valence-electron chi connectivity index (χ2n) is 7.05. The van der Waals surface area contributed by atoms with Gasteiger partial charge in [-0.1, -0.05) is 30.7 Å². The Labute approximate surface area is 198 Å². The van der Waals surface area contributed by atoms with E-state index in [1.54, 1.807) is 6.92 Å². The smallest absolute Gasteiger partial charge is 0.433 e. The van der Waals surface area contributed by atoms with Crippen molar-refractivity contribution in [3.8, 4) is 17.2 Å². The van der Waals surface area contributed by atoms with Crippen LogP contribution in [0.15, 0.2) is 57.2 Å². The zero-order chi connectivity index (χ0) is 26.1. The van der Waals surface area contributed by atoms with Crippen LogP contribution in [0, 0.1) is 15.9 Å². The lowest BCUT2D eigenvalue weighted by molar-refractivity contribution is -0.385. The largest absolute Gasteiger partial charge is 0.448 e. The quantitative estimate of drug-likeness (QED) is 0.196. The van der Waals surface area contributed by atoms with E-state index < -0.39 is 51.0 Å². The highest BCUT2D eigenvalue weighted by Gasteiger charge is 2.37. The average molecular weight is 515 g/mol. The lowest BCUT2D eigenvalue weighted by Crippen LogP contribution is -2.41. The number of nitro benzene ring substituents is 1. The summed E-state index contributed by atoms with van der Waals surface area (Å²) in [6, 6.07) is 6.64. The monoisotopic (exact) mass is 514 g/mol. The number of nitrogens with zero attached hydrogens (tertiary/aromatic N) is 4. The fourth-order valence-corrected chi connectivity index (χ4v) is 3.07. The first-order valence-corrected chi connectivity index (χ1v) is 10.1. The van der Waals surface area contributed by atoms with Crippen LogP contribution in [0.4, 0.5) is 23.2 Å². The molecular formula is C21H15ClF4N4O5. The molecule has 9 nitrogen and oxygen atoms in total. The van der Waals surface area contributed by atoms with Crippen LogP contribution < -0.4 is 16.0 Å². The van der Waals surface area contributed by atoms with Crippen LogP contribution in [0.5, 0.6) is 11.5 Å². The standard InChI is InChI=1S/C21H15ClF4N4O5/c1-3-11(2)27-29-18(21(24,25)26)10-19(31)28(20(29)32)15-9-17(12(22)8-13(15)23)35-16-7-5-4-6-14(16)30(33)34/h4-10H,3H2,1-2H3. The third kappa shape index (κ3) is 5.24. The van der Waals surface area contributed by atoms with Crippen molar-refractivity contribution < 1.29 is 27.2 Å². The summed E-state index contributed by atoms with van der Waals surface area (Å²) in [7, 11) is 0.